The number of esters is 1. The molecule has 0 heterocycles. The lowest BCUT2D eigenvalue weighted by molar-refractivity contribution is -0.116. The Morgan fingerprint density at radius 1 is 1.26 bits per heavy atom. The van der Waals surface area contributed by atoms with E-state index in [1.807, 2.05) is 6.92 Å². The summed E-state index contributed by atoms with van der Waals surface area (Å²) >= 11 is 0. The van der Waals surface area contributed by atoms with Crippen molar-refractivity contribution in [1.29, 1.82) is 0 Å². The van der Waals surface area contributed by atoms with Crippen molar-refractivity contribution in [2.24, 2.45) is 0 Å². The summed E-state index contributed by atoms with van der Waals surface area (Å²) in [6.45, 7) is 1.92. The fourth-order valence-corrected chi connectivity index (χ4v) is 2.74. The van der Waals surface area contributed by atoms with Gasteiger partial charge in [-0.3, -0.25) is 4.79 Å². The van der Waals surface area contributed by atoms with E-state index < -0.39 is 21.9 Å². The highest BCUT2D eigenvalue weighted by Crippen LogP contribution is 2.16. The number of unbranched alkanes of at least 4 members (excludes halogenated alkanes) is 1. The Bertz CT molecular complexity index is 658. The van der Waals surface area contributed by atoms with Gasteiger partial charge in [0.15, 0.2) is 0 Å². The molecule has 0 bridgehead atoms. The highest BCUT2D eigenvalue weighted by atomic mass is 32.2. The fourth-order valence-electron chi connectivity index (χ4n) is 1.93. The van der Waals surface area contributed by atoms with Crippen LogP contribution in [0.15, 0.2) is 24.3 Å². The summed E-state index contributed by atoms with van der Waals surface area (Å²) in [5.74, 6) is -1.09. The third-order valence-corrected chi connectivity index (χ3v) is 4.41. The molecule has 1 rings (SSSR count). The monoisotopic (exact) mass is 342 g/mol. The number of nitrogens with zero attached hydrogens (tertiary/aromatic N) is 1. The van der Waals surface area contributed by atoms with Crippen LogP contribution in [0.25, 0.3) is 0 Å². The largest absolute Gasteiger partial charge is 0.465 e. The van der Waals surface area contributed by atoms with Crippen molar-refractivity contribution in [2.45, 2.75) is 19.8 Å². The first-order valence-electron chi connectivity index (χ1n) is 7.22. The second-order valence-electron chi connectivity index (χ2n) is 5.04. The average Bonchev–Trinajstić information content (AvgIpc) is 2.50. The molecule has 0 saturated heterocycles. The van der Waals surface area contributed by atoms with Crippen LogP contribution >= 0.6 is 0 Å². The van der Waals surface area contributed by atoms with Gasteiger partial charge in [0.2, 0.25) is 15.9 Å². The number of hydrogen-bond donors (Lipinski definition) is 1. The van der Waals surface area contributed by atoms with Crippen LogP contribution in [-0.2, 0) is 19.6 Å². The Balaban J connectivity index is 2.85. The van der Waals surface area contributed by atoms with Crippen molar-refractivity contribution < 1.29 is 22.7 Å². The molecule has 0 atom stereocenters. The van der Waals surface area contributed by atoms with E-state index in [0.717, 1.165) is 17.0 Å². The summed E-state index contributed by atoms with van der Waals surface area (Å²) in [7, 11) is -2.23. The van der Waals surface area contributed by atoms with Crippen LogP contribution < -0.4 is 5.32 Å². The number of para-hydroxylation sites is 1. The second-order valence-corrected chi connectivity index (χ2v) is 7.02. The summed E-state index contributed by atoms with van der Waals surface area (Å²) in [5.41, 5.74) is 0.496. The molecule has 0 unspecified atom stereocenters. The molecule has 8 heteroatoms. The van der Waals surface area contributed by atoms with E-state index in [4.69, 9.17) is 0 Å². The molecule has 0 radical (unpaired) electrons. The molecular weight excluding hydrogens is 320 g/mol. The molecule has 0 aliphatic carbocycles. The summed E-state index contributed by atoms with van der Waals surface area (Å²) in [6, 6.07) is 6.38. The van der Waals surface area contributed by atoms with Gasteiger partial charge in [0.25, 0.3) is 0 Å². The Labute approximate surface area is 136 Å². The molecular formula is C15H22N2O5S. The number of carbonyl (C=O) groups is 2. The zero-order chi connectivity index (χ0) is 17.5. The van der Waals surface area contributed by atoms with Gasteiger partial charge in [-0.25, -0.2) is 13.2 Å². The van der Waals surface area contributed by atoms with Crippen molar-refractivity contribution in [3.05, 3.63) is 29.8 Å². The van der Waals surface area contributed by atoms with Gasteiger partial charge in [-0.1, -0.05) is 25.5 Å². The molecule has 7 nitrogen and oxygen atoms in total. The molecule has 0 aliphatic rings. The quantitative estimate of drug-likeness (QED) is 0.722. The Hall–Kier alpha value is -1.93. The molecule has 0 saturated carbocycles. The lowest BCUT2D eigenvalue weighted by Crippen LogP contribution is -2.38. The first kappa shape index (κ1) is 19.1. The van der Waals surface area contributed by atoms with Crippen LogP contribution in [0.4, 0.5) is 5.69 Å². The molecule has 1 aromatic carbocycles. The van der Waals surface area contributed by atoms with Gasteiger partial charge in [0.05, 0.1) is 31.2 Å². The minimum absolute atomic E-state index is 0.211. The van der Waals surface area contributed by atoms with E-state index >= 15 is 0 Å². The van der Waals surface area contributed by atoms with Gasteiger partial charge in [-0.2, -0.15) is 4.31 Å². The van der Waals surface area contributed by atoms with Gasteiger partial charge in [-0.15, -0.1) is 0 Å². The van der Waals surface area contributed by atoms with Crippen LogP contribution in [0, 0.1) is 0 Å². The lowest BCUT2D eigenvalue weighted by Gasteiger charge is -2.19. The summed E-state index contributed by atoms with van der Waals surface area (Å²) in [4.78, 5) is 23.8. The van der Waals surface area contributed by atoms with Crippen molar-refractivity contribution in [3.63, 3.8) is 0 Å². The predicted molar refractivity (Wildman–Crippen MR) is 87.7 cm³/mol. The molecule has 0 aromatic heterocycles. The average molecular weight is 342 g/mol. The van der Waals surface area contributed by atoms with Crippen LogP contribution in [-0.4, -0.2) is 51.1 Å². The van der Waals surface area contributed by atoms with E-state index in [2.05, 4.69) is 10.1 Å². The SMILES string of the molecule is CCCCN(CC(=O)Nc1ccccc1C(=O)OC)S(C)(=O)=O. The molecule has 0 aliphatic heterocycles. The number of methoxy groups -OCH3 is 1. The minimum Gasteiger partial charge on any atom is -0.465 e. The molecule has 23 heavy (non-hydrogen) atoms. The number of rotatable bonds is 8. The van der Waals surface area contributed by atoms with Crippen molar-refractivity contribution in [1.82, 2.24) is 4.31 Å². The molecule has 1 amide bonds. The second kappa shape index (κ2) is 8.64. The van der Waals surface area contributed by atoms with E-state index in [1.165, 1.54) is 13.2 Å². The number of sulfonamides is 1. The number of carbonyl (C=O) groups excluding carboxylic acids is 2. The number of benzene rings is 1. The standard InChI is InChI=1S/C15H22N2O5S/c1-4-5-10-17(23(3,20)21)11-14(18)16-13-9-7-6-8-12(13)15(19)22-2/h6-9H,4-5,10-11H2,1-3H3,(H,16,18). The molecule has 1 N–H and O–H groups in total. The molecule has 128 valence electrons. The summed E-state index contributed by atoms with van der Waals surface area (Å²) in [5, 5.41) is 2.56. The van der Waals surface area contributed by atoms with Crippen LogP contribution in [0.5, 0.6) is 0 Å². The van der Waals surface area contributed by atoms with E-state index in [1.54, 1.807) is 18.2 Å². The zero-order valence-corrected chi connectivity index (χ0v) is 14.4. The third kappa shape index (κ3) is 5.99. The van der Waals surface area contributed by atoms with Crippen molar-refractivity contribution in [2.75, 3.05) is 31.8 Å². The highest BCUT2D eigenvalue weighted by molar-refractivity contribution is 7.88. The topological polar surface area (TPSA) is 92.8 Å². The highest BCUT2D eigenvalue weighted by Gasteiger charge is 2.20. The molecule has 0 fully saturated rings. The van der Waals surface area contributed by atoms with Crippen LogP contribution in [0.2, 0.25) is 0 Å². The van der Waals surface area contributed by atoms with Gasteiger partial charge in [0, 0.05) is 6.54 Å². The van der Waals surface area contributed by atoms with Crippen LogP contribution in [0.1, 0.15) is 30.1 Å². The molecule has 0 spiro atoms. The van der Waals surface area contributed by atoms with Gasteiger partial charge < -0.3 is 10.1 Å². The van der Waals surface area contributed by atoms with E-state index in [0.29, 0.717) is 6.42 Å². The normalized spacial score (nSPS) is 11.3. The smallest absolute Gasteiger partial charge is 0.339 e. The van der Waals surface area contributed by atoms with Crippen LogP contribution in [0.3, 0.4) is 0 Å². The Morgan fingerprint density at radius 3 is 2.48 bits per heavy atom. The lowest BCUT2D eigenvalue weighted by atomic mass is 10.2. The zero-order valence-electron chi connectivity index (χ0n) is 13.5. The maximum atomic E-state index is 12.1. The van der Waals surface area contributed by atoms with Gasteiger partial charge >= 0.3 is 5.97 Å². The van der Waals surface area contributed by atoms with Gasteiger partial charge in [0.1, 0.15) is 0 Å². The van der Waals surface area contributed by atoms with Crippen molar-refractivity contribution in [3.8, 4) is 0 Å². The third-order valence-electron chi connectivity index (χ3n) is 3.16. The van der Waals surface area contributed by atoms with E-state index in [9.17, 15) is 18.0 Å². The first-order valence-corrected chi connectivity index (χ1v) is 9.06. The van der Waals surface area contributed by atoms with Crippen molar-refractivity contribution >= 4 is 27.6 Å². The molecule has 1 aromatic rings. The van der Waals surface area contributed by atoms with Gasteiger partial charge in [-0.05, 0) is 18.6 Å². The summed E-state index contributed by atoms with van der Waals surface area (Å²) < 4.78 is 29.2. The first-order chi connectivity index (χ1) is 10.8. The summed E-state index contributed by atoms with van der Waals surface area (Å²) in [6.07, 6.45) is 2.55. The number of hydrogen-bond acceptors (Lipinski definition) is 5. The number of amides is 1. The van der Waals surface area contributed by atoms with E-state index in [-0.39, 0.29) is 24.3 Å². The maximum absolute atomic E-state index is 12.1. The number of ether oxygens (including phenoxy) is 1. The predicted octanol–water partition coefficient (Wildman–Crippen LogP) is 1.47. The number of nitrogens with one attached hydrogen (secondary N) is 1. The Kier molecular flexibility index (Phi) is 7.18. The maximum Gasteiger partial charge on any atom is 0.339 e. The Morgan fingerprint density at radius 2 is 1.91 bits per heavy atom. The minimum atomic E-state index is -3.47. The fraction of sp³-hybridized carbons (Fsp3) is 0.467. The number of anilines is 1.